The molecule has 0 spiro atoms. The molecule has 0 bridgehead atoms. The van der Waals surface area contributed by atoms with E-state index in [1.807, 2.05) is 5.32 Å². The summed E-state index contributed by atoms with van der Waals surface area (Å²) in [6.45, 7) is 0.108. The van der Waals surface area contributed by atoms with Crippen molar-refractivity contribution in [3.63, 3.8) is 0 Å². The summed E-state index contributed by atoms with van der Waals surface area (Å²) in [5.74, 6) is -1.13. The smallest absolute Gasteiger partial charge is 0.364 e. The summed E-state index contributed by atoms with van der Waals surface area (Å²) in [7, 11) is 0. The molecule has 2 rings (SSSR count). The zero-order chi connectivity index (χ0) is 18.1. The summed E-state index contributed by atoms with van der Waals surface area (Å²) in [6, 6.07) is 0.842. The monoisotopic (exact) mass is 366 g/mol. The van der Waals surface area contributed by atoms with E-state index in [1.165, 1.54) is 6.92 Å². The van der Waals surface area contributed by atoms with E-state index in [2.05, 4.69) is 9.97 Å². The molecule has 0 fully saturated rings. The number of thiazole rings is 1. The SMILES string of the molecule is Cc1nc(C(N)=O)sc1-c1cnc(NCC(F)(F)F)cc1C(F)F. The fourth-order valence-electron chi connectivity index (χ4n) is 1.88. The van der Waals surface area contributed by atoms with Crippen LogP contribution >= 0.6 is 11.3 Å². The van der Waals surface area contributed by atoms with E-state index >= 15 is 0 Å². The van der Waals surface area contributed by atoms with Gasteiger partial charge in [-0.1, -0.05) is 0 Å². The van der Waals surface area contributed by atoms with Crippen LogP contribution in [-0.2, 0) is 0 Å². The number of carbonyl (C=O) groups is 1. The lowest BCUT2D eigenvalue weighted by atomic mass is 10.1. The number of hydrogen-bond acceptors (Lipinski definition) is 5. The Labute approximate surface area is 136 Å². The Morgan fingerprint density at radius 2 is 2.08 bits per heavy atom. The van der Waals surface area contributed by atoms with Crippen molar-refractivity contribution in [2.75, 3.05) is 11.9 Å². The number of hydrogen-bond donors (Lipinski definition) is 2. The van der Waals surface area contributed by atoms with Crippen LogP contribution in [0, 0.1) is 6.92 Å². The number of halogens is 5. The van der Waals surface area contributed by atoms with Crippen molar-refractivity contribution in [3.05, 3.63) is 28.5 Å². The van der Waals surface area contributed by atoms with Gasteiger partial charge in [0.1, 0.15) is 12.4 Å². The number of aryl methyl sites for hydroxylation is 1. The standard InChI is InChI=1S/C13H11F5N4OS/c1-5-9(24-12(22-5)11(19)23)7-3-20-8(2-6(7)10(14)15)21-4-13(16,17)18/h2-3,10H,4H2,1H3,(H2,19,23)(H,20,21). The molecular weight excluding hydrogens is 355 g/mol. The van der Waals surface area contributed by atoms with E-state index in [0.29, 0.717) is 5.69 Å². The highest BCUT2D eigenvalue weighted by molar-refractivity contribution is 7.17. The van der Waals surface area contributed by atoms with E-state index in [4.69, 9.17) is 5.73 Å². The fraction of sp³-hybridized carbons (Fsp3) is 0.308. The van der Waals surface area contributed by atoms with Crippen LogP contribution in [0.1, 0.15) is 27.5 Å². The average Bonchev–Trinajstić information content (AvgIpc) is 2.86. The van der Waals surface area contributed by atoms with Crippen molar-refractivity contribution in [3.8, 4) is 10.4 Å². The maximum atomic E-state index is 13.3. The van der Waals surface area contributed by atoms with Gasteiger partial charge in [0.15, 0.2) is 5.01 Å². The second kappa shape index (κ2) is 6.67. The van der Waals surface area contributed by atoms with Gasteiger partial charge in [-0.15, -0.1) is 11.3 Å². The van der Waals surface area contributed by atoms with Gasteiger partial charge in [-0.3, -0.25) is 4.79 Å². The molecule has 130 valence electrons. The molecule has 2 aromatic rings. The Morgan fingerprint density at radius 1 is 1.42 bits per heavy atom. The van der Waals surface area contributed by atoms with Gasteiger partial charge in [-0.25, -0.2) is 18.7 Å². The molecule has 0 saturated carbocycles. The maximum absolute atomic E-state index is 13.3. The van der Waals surface area contributed by atoms with E-state index in [-0.39, 0.29) is 21.3 Å². The van der Waals surface area contributed by atoms with Gasteiger partial charge in [-0.05, 0) is 13.0 Å². The van der Waals surface area contributed by atoms with Crippen molar-refractivity contribution >= 4 is 23.1 Å². The van der Waals surface area contributed by atoms with Gasteiger partial charge in [-0.2, -0.15) is 13.2 Å². The second-order valence-electron chi connectivity index (χ2n) is 4.72. The molecule has 2 heterocycles. The predicted molar refractivity (Wildman–Crippen MR) is 78.1 cm³/mol. The quantitative estimate of drug-likeness (QED) is 0.794. The van der Waals surface area contributed by atoms with Gasteiger partial charge >= 0.3 is 6.18 Å². The number of rotatable bonds is 5. The van der Waals surface area contributed by atoms with Crippen molar-refractivity contribution in [1.82, 2.24) is 9.97 Å². The summed E-state index contributed by atoms with van der Waals surface area (Å²) in [6.07, 6.45) is -6.44. The molecule has 3 N–H and O–H groups in total. The predicted octanol–water partition coefficient (Wildman–Crippen LogP) is 3.52. The van der Waals surface area contributed by atoms with Crippen LogP contribution in [0.4, 0.5) is 27.8 Å². The topological polar surface area (TPSA) is 80.9 Å². The fourth-order valence-corrected chi connectivity index (χ4v) is 2.83. The number of anilines is 1. The highest BCUT2D eigenvalue weighted by Gasteiger charge is 2.27. The summed E-state index contributed by atoms with van der Waals surface area (Å²) in [5, 5.41) is 1.89. The molecule has 1 amide bonds. The van der Waals surface area contributed by atoms with Crippen LogP contribution in [0.5, 0.6) is 0 Å². The van der Waals surface area contributed by atoms with E-state index < -0.39 is 30.6 Å². The van der Waals surface area contributed by atoms with Crippen LogP contribution in [0.25, 0.3) is 10.4 Å². The Balaban J connectivity index is 2.42. The highest BCUT2D eigenvalue weighted by atomic mass is 32.1. The van der Waals surface area contributed by atoms with Crippen LogP contribution in [0.3, 0.4) is 0 Å². The van der Waals surface area contributed by atoms with Gasteiger partial charge in [0.05, 0.1) is 10.6 Å². The molecule has 2 aromatic heterocycles. The van der Waals surface area contributed by atoms with Crippen molar-refractivity contribution < 1.29 is 26.7 Å². The van der Waals surface area contributed by atoms with Crippen LogP contribution in [0.2, 0.25) is 0 Å². The van der Waals surface area contributed by atoms with E-state index in [0.717, 1.165) is 23.6 Å². The molecule has 0 radical (unpaired) electrons. The first kappa shape index (κ1) is 18.0. The van der Waals surface area contributed by atoms with E-state index in [1.54, 1.807) is 0 Å². The zero-order valence-electron chi connectivity index (χ0n) is 12.1. The lowest BCUT2D eigenvalue weighted by Crippen LogP contribution is -2.21. The third-order valence-corrected chi connectivity index (χ3v) is 4.10. The van der Waals surface area contributed by atoms with Crippen molar-refractivity contribution in [2.24, 2.45) is 5.73 Å². The molecule has 5 nitrogen and oxygen atoms in total. The summed E-state index contributed by atoms with van der Waals surface area (Å²) in [4.78, 5) is 19.0. The number of alkyl halides is 5. The number of carbonyl (C=O) groups excluding carboxylic acids is 1. The first-order valence-electron chi connectivity index (χ1n) is 6.45. The van der Waals surface area contributed by atoms with Crippen LogP contribution < -0.4 is 11.1 Å². The number of nitrogens with one attached hydrogen (secondary N) is 1. The maximum Gasteiger partial charge on any atom is 0.405 e. The average molecular weight is 366 g/mol. The molecule has 0 aliphatic rings. The Hall–Kier alpha value is -2.30. The number of amides is 1. The molecule has 0 aliphatic carbocycles. The van der Waals surface area contributed by atoms with Gasteiger partial charge < -0.3 is 11.1 Å². The molecule has 24 heavy (non-hydrogen) atoms. The molecule has 11 heteroatoms. The van der Waals surface area contributed by atoms with Gasteiger partial charge in [0.25, 0.3) is 12.3 Å². The number of primary amides is 1. The van der Waals surface area contributed by atoms with Gasteiger partial charge in [0, 0.05) is 17.3 Å². The first-order valence-corrected chi connectivity index (χ1v) is 7.26. The van der Waals surface area contributed by atoms with E-state index in [9.17, 15) is 26.7 Å². The molecule has 0 unspecified atom stereocenters. The number of nitrogens with zero attached hydrogens (tertiary/aromatic N) is 2. The Morgan fingerprint density at radius 3 is 2.58 bits per heavy atom. The summed E-state index contributed by atoms with van der Waals surface area (Å²) >= 11 is 0.816. The minimum Gasteiger partial charge on any atom is -0.364 e. The van der Waals surface area contributed by atoms with Crippen molar-refractivity contribution in [1.29, 1.82) is 0 Å². The third-order valence-electron chi connectivity index (χ3n) is 2.89. The lowest BCUT2D eigenvalue weighted by Gasteiger charge is -2.12. The van der Waals surface area contributed by atoms with Crippen molar-refractivity contribution in [2.45, 2.75) is 19.5 Å². The molecule has 0 atom stereocenters. The molecule has 0 aliphatic heterocycles. The largest absolute Gasteiger partial charge is 0.405 e. The number of aromatic nitrogens is 2. The number of pyridine rings is 1. The Bertz CT molecular complexity index is 759. The third kappa shape index (κ3) is 4.16. The second-order valence-corrected chi connectivity index (χ2v) is 5.72. The summed E-state index contributed by atoms with van der Waals surface area (Å²) in [5.41, 5.74) is 4.88. The lowest BCUT2D eigenvalue weighted by molar-refractivity contribution is -0.115. The normalized spacial score (nSPS) is 11.8. The van der Waals surface area contributed by atoms with Crippen LogP contribution in [0.15, 0.2) is 12.3 Å². The minimum absolute atomic E-state index is 0.00920. The molecule has 0 saturated heterocycles. The summed E-state index contributed by atoms with van der Waals surface area (Å²) < 4.78 is 63.1. The first-order chi connectivity index (χ1) is 11.1. The van der Waals surface area contributed by atoms with Gasteiger partial charge in [0.2, 0.25) is 0 Å². The highest BCUT2D eigenvalue weighted by Crippen LogP contribution is 2.37. The van der Waals surface area contributed by atoms with Crippen LogP contribution in [-0.4, -0.2) is 28.6 Å². The Kier molecular flexibility index (Phi) is 5.02. The molecule has 0 aromatic carbocycles. The minimum atomic E-state index is -4.50. The molecular formula is C13H11F5N4OS. The number of nitrogens with two attached hydrogens (primary N) is 1. The zero-order valence-corrected chi connectivity index (χ0v) is 12.9.